The van der Waals surface area contributed by atoms with Crippen LogP contribution >= 0.6 is 31.9 Å². The molecule has 2 aromatic rings. The molecule has 0 atom stereocenters. The zero-order valence-electron chi connectivity index (χ0n) is 15.0. The zero-order valence-corrected chi connectivity index (χ0v) is 18.1. The molecule has 27 heavy (non-hydrogen) atoms. The van der Waals surface area contributed by atoms with Gasteiger partial charge in [0.15, 0.2) is 0 Å². The Morgan fingerprint density at radius 1 is 1.33 bits per heavy atom. The lowest BCUT2D eigenvalue weighted by Crippen LogP contribution is -2.14. The van der Waals surface area contributed by atoms with E-state index in [4.69, 9.17) is 4.74 Å². The van der Waals surface area contributed by atoms with Crippen molar-refractivity contribution in [1.82, 2.24) is 0 Å². The molecule has 6 heteroatoms. The summed E-state index contributed by atoms with van der Waals surface area (Å²) in [6.45, 7) is 7.83. The first-order valence-electron chi connectivity index (χ1n) is 8.09. The molecular formula is C21H18Br2N2O2. The molecule has 0 radical (unpaired) electrons. The van der Waals surface area contributed by atoms with E-state index in [0.717, 1.165) is 15.6 Å². The maximum absolute atomic E-state index is 12.6. The smallest absolute Gasteiger partial charge is 0.266 e. The Hall–Kier alpha value is -2.36. The zero-order chi connectivity index (χ0) is 20.0. The van der Waals surface area contributed by atoms with Crippen molar-refractivity contribution in [1.29, 1.82) is 5.26 Å². The Morgan fingerprint density at radius 3 is 2.74 bits per heavy atom. The summed E-state index contributed by atoms with van der Waals surface area (Å²) >= 11 is 6.86. The highest BCUT2D eigenvalue weighted by Gasteiger charge is 2.15. The number of anilines is 1. The largest absolute Gasteiger partial charge is 0.488 e. The van der Waals surface area contributed by atoms with Gasteiger partial charge in [0, 0.05) is 15.7 Å². The van der Waals surface area contributed by atoms with Crippen molar-refractivity contribution in [3.05, 3.63) is 74.2 Å². The van der Waals surface area contributed by atoms with Crippen molar-refractivity contribution in [3.63, 3.8) is 0 Å². The lowest BCUT2D eigenvalue weighted by molar-refractivity contribution is -0.112. The molecule has 138 valence electrons. The normalized spacial score (nSPS) is 10.9. The van der Waals surface area contributed by atoms with E-state index in [2.05, 4.69) is 43.8 Å². The van der Waals surface area contributed by atoms with Crippen molar-refractivity contribution in [2.45, 2.75) is 13.8 Å². The highest BCUT2D eigenvalue weighted by Crippen LogP contribution is 2.34. The van der Waals surface area contributed by atoms with Crippen LogP contribution < -0.4 is 10.1 Å². The van der Waals surface area contributed by atoms with E-state index in [1.807, 2.05) is 44.2 Å². The fraction of sp³-hybridized carbons (Fsp3) is 0.143. The molecule has 4 nitrogen and oxygen atoms in total. The number of amides is 1. The minimum absolute atomic E-state index is 0.0237. The van der Waals surface area contributed by atoms with E-state index in [0.29, 0.717) is 28.1 Å². The van der Waals surface area contributed by atoms with Crippen LogP contribution in [0.25, 0.3) is 6.08 Å². The summed E-state index contributed by atoms with van der Waals surface area (Å²) in [5, 5.41) is 12.3. The molecule has 0 aliphatic carbocycles. The Kier molecular flexibility index (Phi) is 7.40. The summed E-state index contributed by atoms with van der Waals surface area (Å²) < 4.78 is 7.18. The average molecular weight is 490 g/mol. The van der Waals surface area contributed by atoms with Gasteiger partial charge in [0.25, 0.3) is 5.91 Å². The van der Waals surface area contributed by atoms with Crippen molar-refractivity contribution in [2.75, 3.05) is 11.9 Å². The standard InChI is InChI=1S/C21H18Br2N2O2/c1-4-8-27-20-15(10-17(22)11-18(20)23)9-16(12-24)21(26)25-19-7-5-6-13(2)14(19)3/h4-7,9-11H,1,8H2,2-3H3,(H,25,26)/b16-9+. The topological polar surface area (TPSA) is 62.1 Å². The van der Waals surface area contributed by atoms with Crippen LogP contribution in [0.4, 0.5) is 5.69 Å². The van der Waals surface area contributed by atoms with Gasteiger partial charge in [-0.1, -0.05) is 40.7 Å². The van der Waals surface area contributed by atoms with Gasteiger partial charge in [-0.25, -0.2) is 0 Å². The Labute approximate surface area is 175 Å². The SMILES string of the molecule is C=CCOc1c(Br)cc(Br)cc1/C=C(\C#N)C(=O)Nc1cccc(C)c1C. The monoisotopic (exact) mass is 488 g/mol. The van der Waals surface area contributed by atoms with Crippen LogP contribution in [0.3, 0.4) is 0 Å². The van der Waals surface area contributed by atoms with E-state index >= 15 is 0 Å². The molecule has 0 fully saturated rings. The van der Waals surface area contributed by atoms with Gasteiger partial charge in [0.1, 0.15) is 24.0 Å². The molecule has 0 saturated heterocycles. The van der Waals surface area contributed by atoms with Crippen LogP contribution in [-0.4, -0.2) is 12.5 Å². The van der Waals surface area contributed by atoms with Gasteiger partial charge in [-0.15, -0.1) is 0 Å². The van der Waals surface area contributed by atoms with Crippen molar-refractivity contribution >= 4 is 49.5 Å². The Bertz CT molecular complexity index is 959. The van der Waals surface area contributed by atoms with Crippen LogP contribution in [0.15, 0.2) is 57.5 Å². The summed E-state index contributed by atoms with van der Waals surface area (Å²) in [6.07, 6.45) is 3.13. The summed E-state index contributed by atoms with van der Waals surface area (Å²) in [6, 6.07) is 11.2. The molecule has 0 unspecified atom stereocenters. The quantitative estimate of drug-likeness (QED) is 0.310. The van der Waals surface area contributed by atoms with Crippen LogP contribution in [0.1, 0.15) is 16.7 Å². The Morgan fingerprint density at radius 2 is 2.07 bits per heavy atom. The number of halogens is 2. The number of hydrogen-bond acceptors (Lipinski definition) is 3. The summed E-state index contributed by atoms with van der Waals surface area (Å²) in [5.41, 5.74) is 3.28. The second-order valence-corrected chi connectivity index (χ2v) is 7.55. The predicted molar refractivity (Wildman–Crippen MR) is 116 cm³/mol. The fourth-order valence-electron chi connectivity index (χ4n) is 2.36. The highest BCUT2D eigenvalue weighted by atomic mass is 79.9. The molecule has 1 amide bonds. The van der Waals surface area contributed by atoms with Crippen LogP contribution in [0.2, 0.25) is 0 Å². The number of benzene rings is 2. The number of aryl methyl sites for hydroxylation is 1. The van der Waals surface area contributed by atoms with Gasteiger partial charge in [0.2, 0.25) is 0 Å². The second-order valence-electron chi connectivity index (χ2n) is 5.78. The van der Waals surface area contributed by atoms with E-state index in [1.165, 1.54) is 6.08 Å². The third-order valence-corrected chi connectivity index (χ3v) is 4.95. The lowest BCUT2D eigenvalue weighted by Gasteiger charge is -2.12. The average Bonchev–Trinajstić information content (AvgIpc) is 2.62. The number of carbonyl (C=O) groups excluding carboxylic acids is 1. The first kappa shape index (κ1) is 20.9. The molecule has 2 aromatic carbocycles. The molecule has 0 aliphatic rings. The van der Waals surface area contributed by atoms with Crippen LogP contribution in [0.5, 0.6) is 5.75 Å². The van der Waals surface area contributed by atoms with Gasteiger partial charge in [-0.3, -0.25) is 4.79 Å². The van der Waals surface area contributed by atoms with Gasteiger partial charge in [0.05, 0.1) is 4.47 Å². The highest BCUT2D eigenvalue weighted by molar-refractivity contribution is 9.11. The molecule has 0 spiro atoms. The number of rotatable bonds is 6. The third kappa shape index (κ3) is 5.31. The van der Waals surface area contributed by atoms with Gasteiger partial charge < -0.3 is 10.1 Å². The minimum atomic E-state index is -0.475. The summed E-state index contributed by atoms with van der Waals surface area (Å²) in [7, 11) is 0. The number of nitriles is 1. The molecule has 2 rings (SSSR count). The predicted octanol–water partition coefficient (Wildman–Crippen LogP) is 5.94. The second kappa shape index (κ2) is 9.54. The van der Waals surface area contributed by atoms with Crippen molar-refractivity contribution in [2.24, 2.45) is 0 Å². The lowest BCUT2D eigenvalue weighted by atomic mass is 10.1. The summed E-state index contributed by atoms with van der Waals surface area (Å²) in [4.78, 5) is 12.6. The number of nitrogens with one attached hydrogen (secondary N) is 1. The minimum Gasteiger partial charge on any atom is -0.488 e. The van der Waals surface area contributed by atoms with Crippen molar-refractivity contribution in [3.8, 4) is 11.8 Å². The fourth-order valence-corrected chi connectivity index (χ4v) is 3.74. The third-order valence-electron chi connectivity index (χ3n) is 3.90. The number of carbonyl (C=O) groups is 1. The van der Waals surface area contributed by atoms with E-state index in [1.54, 1.807) is 12.1 Å². The maximum atomic E-state index is 12.6. The number of ether oxygens (including phenoxy) is 1. The van der Waals surface area contributed by atoms with Gasteiger partial charge >= 0.3 is 0 Å². The Balaban J connectivity index is 2.40. The molecule has 0 bridgehead atoms. The molecule has 0 aromatic heterocycles. The van der Waals surface area contributed by atoms with Crippen molar-refractivity contribution < 1.29 is 9.53 Å². The van der Waals surface area contributed by atoms with E-state index in [9.17, 15) is 10.1 Å². The first-order valence-corrected chi connectivity index (χ1v) is 9.68. The number of nitrogens with zero attached hydrogens (tertiary/aromatic N) is 1. The molecule has 0 heterocycles. The summed E-state index contributed by atoms with van der Waals surface area (Å²) in [5.74, 6) is 0.0577. The molecular weight excluding hydrogens is 472 g/mol. The van der Waals surface area contributed by atoms with Crippen LogP contribution in [0, 0.1) is 25.2 Å². The van der Waals surface area contributed by atoms with Gasteiger partial charge in [-0.2, -0.15) is 5.26 Å². The van der Waals surface area contributed by atoms with Crippen LogP contribution in [-0.2, 0) is 4.79 Å². The van der Waals surface area contributed by atoms with E-state index in [-0.39, 0.29) is 5.57 Å². The number of hydrogen-bond donors (Lipinski definition) is 1. The molecule has 1 N–H and O–H groups in total. The molecule has 0 saturated carbocycles. The van der Waals surface area contributed by atoms with Gasteiger partial charge in [-0.05, 0) is 65.2 Å². The maximum Gasteiger partial charge on any atom is 0.266 e. The van der Waals surface area contributed by atoms with E-state index < -0.39 is 5.91 Å². The first-order chi connectivity index (χ1) is 12.9. The molecule has 0 aliphatic heterocycles.